The summed E-state index contributed by atoms with van der Waals surface area (Å²) in [5, 5.41) is 0. The van der Waals surface area contributed by atoms with Gasteiger partial charge in [-0.2, -0.15) is 26.3 Å². The fraction of sp³-hybridized carbons (Fsp3) is 0.480. The largest absolute Gasteiger partial charge is 0.416 e. The van der Waals surface area contributed by atoms with Gasteiger partial charge in [0.1, 0.15) is 0 Å². The number of alkyl halides is 6. The average Bonchev–Trinajstić information content (AvgIpc) is 2.83. The molecule has 2 heterocycles. The molecule has 2 fully saturated rings. The SMILES string of the molecule is Cc1ccccc1[C@H]1CN(C(=O)c2cc(C(F)(F)F)cc(C(F)(F)F)c2)CC[C@H]1N1CCOCC1. The highest BCUT2D eigenvalue weighted by atomic mass is 19.4. The third kappa shape index (κ3) is 5.64. The lowest BCUT2D eigenvalue weighted by atomic mass is 9.82. The maximum Gasteiger partial charge on any atom is 0.416 e. The highest BCUT2D eigenvalue weighted by molar-refractivity contribution is 5.95. The van der Waals surface area contributed by atoms with Gasteiger partial charge in [-0.15, -0.1) is 0 Å². The molecule has 2 aromatic rings. The Labute approximate surface area is 199 Å². The van der Waals surface area contributed by atoms with Gasteiger partial charge >= 0.3 is 12.4 Å². The van der Waals surface area contributed by atoms with E-state index >= 15 is 0 Å². The molecule has 0 unspecified atom stereocenters. The van der Waals surface area contributed by atoms with E-state index in [1.54, 1.807) is 0 Å². The average molecular weight is 500 g/mol. The number of benzene rings is 2. The maximum absolute atomic E-state index is 13.3. The highest BCUT2D eigenvalue weighted by Crippen LogP contribution is 2.38. The van der Waals surface area contributed by atoms with E-state index in [1.807, 2.05) is 31.2 Å². The van der Waals surface area contributed by atoms with Gasteiger partial charge < -0.3 is 9.64 Å². The van der Waals surface area contributed by atoms with Crippen LogP contribution >= 0.6 is 0 Å². The predicted molar refractivity (Wildman–Crippen MR) is 117 cm³/mol. The van der Waals surface area contributed by atoms with E-state index in [0.29, 0.717) is 31.8 Å². The van der Waals surface area contributed by atoms with Crippen molar-refractivity contribution < 1.29 is 35.9 Å². The number of piperidine rings is 1. The summed E-state index contributed by atoms with van der Waals surface area (Å²) in [6, 6.07) is 8.84. The zero-order chi connectivity index (χ0) is 25.4. The summed E-state index contributed by atoms with van der Waals surface area (Å²) < 4.78 is 85.4. The van der Waals surface area contributed by atoms with E-state index in [4.69, 9.17) is 4.74 Å². The van der Waals surface area contributed by atoms with E-state index in [1.165, 1.54) is 4.90 Å². The summed E-state index contributed by atoms with van der Waals surface area (Å²) in [6.45, 7) is 5.01. The lowest BCUT2D eigenvalue weighted by molar-refractivity contribution is -0.143. The summed E-state index contributed by atoms with van der Waals surface area (Å²) in [4.78, 5) is 16.9. The van der Waals surface area contributed by atoms with Crippen molar-refractivity contribution in [2.24, 2.45) is 0 Å². The minimum atomic E-state index is -5.01. The fourth-order valence-electron chi connectivity index (χ4n) is 5.04. The number of carbonyl (C=O) groups is 1. The van der Waals surface area contributed by atoms with Crippen molar-refractivity contribution in [3.8, 4) is 0 Å². The molecule has 1 amide bonds. The minimum Gasteiger partial charge on any atom is -0.379 e. The number of aryl methyl sites for hydroxylation is 1. The standard InChI is InChI=1S/C25H26F6N2O2/c1-16-4-2-3-5-20(16)21-15-33(7-6-22(21)32-8-10-35-11-9-32)23(34)17-12-18(24(26,27)28)14-19(13-17)25(29,30)31/h2-5,12-14,21-22H,6-11,15H2,1H3/t21-,22-/m1/s1. The third-order valence-corrected chi connectivity index (χ3v) is 6.80. The Hall–Kier alpha value is -2.59. The summed E-state index contributed by atoms with van der Waals surface area (Å²) in [6.07, 6.45) is -9.47. The summed E-state index contributed by atoms with van der Waals surface area (Å²) in [5.74, 6) is -0.972. The first-order chi connectivity index (χ1) is 16.4. The summed E-state index contributed by atoms with van der Waals surface area (Å²) >= 11 is 0. The Morgan fingerprint density at radius 3 is 2.09 bits per heavy atom. The first-order valence-corrected chi connectivity index (χ1v) is 11.4. The molecule has 0 bridgehead atoms. The van der Waals surface area contributed by atoms with Gasteiger partial charge in [0.2, 0.25) is 0 Å². The van der Waals surface area contributed by atoms with Crippen LogP contribution in [0.3, 0.4) is 0 Å². The number of morpholine rings is 1. The predicted octanol–water partition coefficient (Wildman–Crippen LogP) is 5.36. The smallest absolute Gasteiger partial charge is 0.379 e. The molecule has 4 rings (SSSR count). The van der Waals surface area contributed by atoms with Gasteiger partial charge in [-0.05, 0) is 42.7 Å². The van der Waals surface area contributed by atoms with Gasteiger partial charge in [-0.3, -0.25) is 9.69 Å². The number of carbonyl (C=O) groups excluding carboxylic acids is 1. The lowest BCUT2D eigenvalue weighted by Gasteiger charge is -2.45. The molecule has 35 heavy (non-hydrogen) atoms. The number of likely N-dealkylation sites (tertiary alicyclic amines) is 1. The van der Waals surface area contributed by atoms with E-state index in [9.17, 15) is 31.1 Å². The maximum atomic E-state index is 13.3. The lowest BCUT2D eigenvalue weighted by Crippen LogP contribution is -2.54. The molecule has 0 N–H and O–H groups in total. The number of halogens is 6. The molecule has 4 nitrogen and oxygen atoms in total. The molecule has 2 aliphatic rings. The normalized spacial score (nSPS) is 22.3. The van der Waals surface area contributed by atoms with Crippen molar-refractivity contribution in [1.29, 1.82) is 0 Å². The molecule has 190 valence electrons. The Morgan fingerprint density at radius 1 is 0.914 bits per heavy atom. The van der Waals surface area contributed by atoms with Crippen LogP contribution in [0.2, 0.25) is 0 Å². The second-order valence-electron chi connectivity index (χ2n) is 9.01. The van der Waals surface area contributed by atoms with Crippen molar-refractivity contribution in [1.82, 2.24) is 9.80 Å². The first-order valence-electron chi connectivity index (χ1n) is 11.4. The molecule has 0 saturated carbocycles. The van der Waals surface area contributed by atoms with E-state index in [-0.39, 0.29) is 31.1 Å². The summed E-state index contributed by atoms with van der Waals surface area (Å²) in [7, 11) is 0. The Balaban J connectivity index is 1.67. The number of ether oxygens (including phenoxy) is 1. The van der Waals surface area contributed by atoms with Crippen LogP contribution in [0, 0.1) is 6.92 Å². The van der Waals surface area contributed by atoms with Crippen LogP contribution in [-0.2, 0) is 17.1 Å². The third-order valence-electron chi connectivity index (χ3n) is 6.80. The van der Waals surface area contributed by atoms with Gasteiger partial charge in [0.25, 0.3) is 5.91 Å². The van der Waals surface area contributed by atoms with Crippen LogP contribution in [0.1, 0.15) is 45.0 Å². The van der Waals surface area contributed by atoms with Crippen LogP contribution in [-0.4, -0.2) is 61.1 Å². The van der Waals surface area contributed by atoms with Gasteiger partial charge in [0.15, 0.2) is 0 Å². The molecule has 2 aliphatic heterocycles. The molecular weight excluding hydrogens is 474 g/mol. The van der Waals surface area contributed by atoms with Crippen LogP contribution in [0.5, 0.6) is 0 Å². The molecule has 0 aliphatic carbocycles. The van der Waals surface area contributed by atoms with E-state index in [2.05, 4.69) is 4.90 Å². The van der Waals surface area contributed by atoms with Crippen LogP contribution < -0.4 is 0 Å². The number of hydrogen-bond acceptors (Lipinski definition) is 3. The zero-order valence-electron chi connectivity index (χ0n) is 19.1. The van der Waals surface area contributed by atoms with Crippen LogP contribution in [0.15, 0.2) is 42.5 Å². The molecular formula is C25H26F6N2O2. The Kier molecular flexibility index (Phi) is 7.15. The van der Waals surface area contributed by atoms with Gasteiger partial charge in [-0.25, -0.2) is 0 Å². The highest BCUT2D eigenvalue weighted by Gasteiger charge is 2.40. The van der Waals surface area contributed by atoms with Gasteiger partial charge in [-0.1, -0.05) is 24.3 Å². The molecule has 0 spiro atoms. The second kappa shape index (κ2) is 9.81. The molecule has 2 saturated heterocycles. The van der Waals surface area contributed by atoms with Gasteiger partial charge in [0, 0.05) is 43.7 Å². The fourth-order valence-corrected chi connectivity index (χ4v) is 5.04. The number of nitrogens with zero attached hydrogens (tertiary/aromatic N) is 2. The van der Waals surface area contributed by atoms with Crippen molar-refractivity contribution in [2.75, 3.05) is 39.4 Å². The van der Waals surface area contributed by atoms with Crippen LogP contribution in [0.25, 0.3) is 0 Å². The van der Waals surface area contributed by atoms with Crippen LogP contribution in [0.4, 0.5) is 26.3 Å². The zero-order valence-corrected chi connectivity index (χ0v) is 19.1. The first kappa shape index (κ1) is 25.5. The Morgan fingerprint density at radius 2 is 1.51 bits per heavy atom. The minimum absolute atomic E-state index is 0.0393. The molecule has 10 heteroatoms. The number of hydrogen-bond donors (Lipinski definition) is 0. The van der Waals surface area contributed by atoms with Gasteiger partial charge in [0.05, 0.1) is 24.3 Å². The van der Waals surface area contributed by atoms with Crippen molar-refractivity contribution >= 4 is 5.91 Å². The van der Waals surface area contributed by atoms with Crippen molar-refractivity contribution in [3.63, 3.8) is 0 Å². The molecule has 2 aromatic carbocycles. The molecule has 2 atom stereocenters. The summed E-state index contributed by atoms with van der Waals surface area (Å²) in [5.41, 5.74) is -1.56. The molecule has 0 aromatic heterocycles. The number of amides is 1. The quantitative estimate of drug-likeness (QED) is 0.532. The van der Waals surface area contributed by atoms with Crippen molar-refractivity contribution in [2.45, 2.75) is 37.7 Å². The Bertz CT molecular complexity index is 1030. The topological polar surface area (TPSA) is 32.8 Å². The van der Waals surface area contributed by atoms with E-state index in [0.717, 1.165) is 24.2 Å². The van der Waals surface area contributed by atoms with E-state index < -0.39 is 35.0 Å². The monoisotopic (exact) mass is 500 g/mol. The number of rotatable bonds is 3. The van der Waals surface area contributed by atoms with Crippen molar-refractivity contribution in [3.05, 3.63) is 70.3 Å². The molecule has 0 radical (unpaired) electrons. The second-order valence-corrected chi connectivity index (χ2v) is 9.01.